The molecule has 0 atom stereocenters. The summed E-state index contributed by atoms with van der Waals surface area (Å²) in [6.07, 6.45) is 0. The number of nitrogens with one attached hydrogen (secondary N) is 1. The molecule has 3 rings (SSSR count). The molecule has 1 heterocycles. The number of anilines is 1. The number of halogens is 1. The van der Waals surface area contributed by atoms with Gasteiger partial charge in [0.15, 0.2) is 0 Å². The van der Waals surface area contributed by atoms with E-state index in [0.29, 0.717) is 0 Å². The van der Waals surface area contributed by atoms with Gasteiger partial charge in [-0.15, -0.1) is 0 Å². The van der Waals surface area contributed by atoms with Crippen molar-refractivity contribution in [3.63, 3.8) is 0 Å². The zero-order valence-electron chi connectivity index (χ0n) is 12.9. The second-order valence-corrected chi connectivity index (χ2v) is 6.53. The molecule has 2 aromatic carbocycles. The fourth-order valence-electron chi connectivity index (χ4n) is 3.04. The zero-order valence-corrected chi connectivity index (χ0v) is 14.5. The van der Waals surface area contributed by atoms with E-state index in [1.807, 2.05) is 12.1 Å². The molecule has 22 heavy (non-hydrogen) atoms. The number of ether oxygens (including phenoxy) is 1. The van der Waals surface area contributed by atoms with Crippen molar-refractivity contribution in [1.29, 1.82) is 0 Å². The van der Waals surface area contributed by atoms with Crippen LogP contribution in [0.1, 0.15) is 5.56 Å². The number of rotatable bonds is 4. The van der Waals surface area contributed by atoms with E-state index >= 15 is 0 Å². The Balaban J connectivity index is 1.62. The number of methoxy groups -OCH3 is 1. The van der Waals surface area contributed by atoms with Gasteiger partial charge in [0.25, 0.3) is 0 Å². The van der Waals surface area contributed by atoms with Crippen LogP contribution in [-0.4, -0.2) is 33.3 Å². The molecule has 0 amide bonds. The molecule has 4 heteroatoms. The van der Waals surface area contributed by atoms with Gasteiger partial charge in [0.2, 0.25) is 0 Å². The molecular formula is C18H22BrN2O+. The van der Waals surface area contributed by atoms with E-state index in [0.717, 1.165) is 38.5 Å². The Morgan fingerprint density at radius 1 is 1.05 bits per heavy atom. The van der Waals surface area contributed by atoms with Crippen molar-refractivity contribution in [1.82, 2.24) is 0 Å². The number of nitrogens with zero attached hydrogens (tertiary/aromatic N) is 1. The molecule has 0 spiro atoms. The summed E-state index contributed by atoms with van der Waals surface area (Å²) < 4.78 is 6.70. The molecule has 0 aliphatic carbocycles. The average molecular weight is 362 g/mol. The minimum Gasteiger partial charge on any atom is -0.495 e. The largest absolute Gasteiger partial charge is 0.495 e. The summed E-state index contributed by atoms with van der Waals surface area (Å²) in [5.41, 5.74) is 2.60. The molecule has 0 unspecified atom stereocenters. The molecule has 0 bridgehead atoms. The first-order valence-corrected chi connectivity index (χ1v) is 8.52. The van der Waals surface area contributed by atoms with Crippen LogP contribution in [-0.2, 0) is 6.54 Å². The van der Waals surface area contributed by atoms with Crippen molar-refractivity contribution in [3.8, 4) is 5.75 Å². The van der Waals surface area contributed by atoms with Crippen LogP contribution in [0.3, 0.4) is 0 Å². The summed E-state index contributed by atoms with van der Waals surface area (Å²) in [4.78, 5) is 4.07. The number of hydrogen-bond donors (Lipinski definition) is 1. The van der Waals surface area contributed by atoms with E-state index < -0.39 is 0 Å². The summed E-state index contributed by atoms with van der Waals surface area (Å²) in [6.45, 7) is 5.53. The van der Waals surface area contributed by atoms with E-state index in [1.165, 1.54) is 15.7 Å². The van der Waals surface area contributed by atoms with Crippen molar-refractivity contribution >= 4 is 21.6 Å². The van der Waals surface area contributed by atoms with E-state index in [-0.39, 0.29) is 0 Å². The zero-order chi connectivity index (χ0) is 15.4. The van der Waals surface area contributed by atoms with Gasteiger partial charge in [0, 0.05) is 10.0 Å². The summed E-state index contributed by atoms with van der Waals surface area (Å²) in [6, 6.07) is 16.8. The van der Waals surface area contributed by atoms with Gasteiger partial charge in [0.05, 0.1) is 39.0 Å². The molecule has 1 N–H and O–H groups in total. The number of quaternary nitrogens is 1. The number of benzene rings is 2. The Morgan fingerprint density at radius 2 is 1.73 bits per heavy atom. The van der Waals surface area contributed by atoms with Crippen LogP contribution in [0.15, 0.2) is 53.0 Å². The van der Waals surface area contributed by atoms with Crippen molar-refractivity contribution in [2.75, 3.05) is 38.2 Å². The molecule has 0 aromatic heterocycles. The highest BCUT2D eigenvalue weighted by Gasteiger charge is 2.22. The van der Waals surface area contributed by atoms with Crippen LogP contribution in [0.25, 0.3) is 0 Å². The van der Waals surface area contributed by atoms with Gasteiger partial charge in [-0.2, -0.15) is 0 Å². The lowest BCUT2D eigenvalue weighted by molar-refractivity contribution is -0.914. The fraction of sp³-hybridized carbons (Fsp3) is 0.333. The van der Waals surface area contributed by atoms with E-state index in [4.69, 9.17) is 4.74 Å². The summed E-state index contributed by atoms with van der Waals surface area (Å²) in [7, 11) is 1.74. The third kappa shape index (κ3) is 3.45. The Kier molecular flexibility index (Phi) is 5.01. The van der Waals surface area contributed by atoms with Crippen molar-refractivity contribution in [2.24, 2.45) is 0 Å². The number of piperazine rings is 1. The minimum atomic E-state index is 0.969. The van der Waals surface area contributed by atoms with Crippen molar-refractivity contribution in [2.45, 2.75) is 6.54 Å². The van der Waals surface area contributed by atoms with Crippen molar-refractivity contribution < 1.29 is 9.64 Å². The maximum Gasteiger partial charge on any atom is 0.142 e. The van der Waals surface area contributed by atoms with Gasteiger partial charge in [-0.05, 0) is 18.2 Å². The van der Waals surface area contributed by atoms with Crippen LogP contribution < -0.4 is 14.5 Å². The molecule has 1 saturated heterocycles. The lowest BCUT2D eigenvalue weighted by Gasteiger charge is -2.34. The summed E-state index contributed by atoms with van der Waals surface area (Å²) in [5.74, 6) is 0.969. The maximum absolute atomic E-state index is 5.48. The third-order valence-corrected chi connectivity index (χ3v) is 5.07. The van der Waals surface area contributed by atoms with Crippen LogP contribution in [0.2, 0.25) is 0 Å². The first-order chi connectivity index (χ1) is 10.8. The summed E-state index contributed by atoms with van der Waals surface area (Å²) >= 11 is 3.65. The van der Waals surface area contributed by atoms with Crippen LogP contribution in [0, 0.1) is 0 Å². The van der Waals surface area contributed by atoms with Gasteiger partial charge >= 0.3 is 0 Å². The van der Waals surface area contributed by atoms with Crippen molar-refractivity contribution in [3.05, 3.63) is 58.6 Å². The molecule has 1 aliphatic heterocycles. The van der Waals surface area contributed by atoms with Crippen LogP contribution >= 0.6 is 15.9 Å². The molecular weight excluding hydrogens is 340 g/mol. The highest BCUT2D eigenvalue weighted by Crippen LogP contribution is 2.27. The third-order valence-electron chi connectivity index (χ3n) is 4.29. The molecule has 0 radical (unpaired) electrons. The lowest BCUT2D eigenvalue weighted by atomic mass is 10.2. The highest BCUT2D eigenvalue weighted by molar-refractivity contribution is 9.10. The molecule has 3 nitrogen and oxygen atoms in total. The predicted molar refractivity (Wildman–Crippen MR) is 93.7 cm³/mol. The first-order valence-electron chi connectivity index (χ1n) is 7.73. The average Bonchev–Trinajstić information content (AvgIpc) is 2.58. The van der Waals surface area contributed by atoms with Crippen LogP contribution in [0.4, 0.5) is 5.69 Å². The molecule has 1 fully saturated rings. The second-order valence-electron chi connectivity index (χ2n) is 5.68. The van der Waals surface area contributed by atoms with E-state index in [9.17, 15) is 0 Å². The second kappa shape index (κ2) is 7.16. The SMILES string of the molecule is COc1ccccc1N1CC[NH+](Cc2ccccc2Br)CC1. The molecule has 116 valence electrons. The maximum atomic E-state index is 5.48. The number of para-hydroxylation sites is 2. The smallest absolute Gasteiger partial charge is 0.142 e. The highest BCUT2D eigenvalue weighted by atomic mass is 79.9. The van der Waals surface area contributed by atoms with Gasteiger partial charge in [-0.25, -0.2) is 0 Å². The molecule has 1 aliphatic rings. The quantitative estimate of drug-likeness (QED) is 0.900. The number of hydrogen-bond acceptors (Lipinski definition) is 2. The normalized spacial score (nSPS) is 15.8. The molecule has 2 aromatic rings. The van der Waals surface area contributed by atoms with E-state index in [2.05, 4.69) is 57.2 Å². The Bertz CT molecular complexity index is 624. The minimum absolute atomic E-state index is 0.969. The predicted octanol–water partition coefficient (Wildman–Crippen LogP) is 2.36. The van der Waals surface area contributed by atoms with Crippen LogP contribution in [0.5, 0.6) is 5.75 Å². The molecule has 0 saturated carbocycles. The topological polar surface area (TPSA) is 16.9 Å². The lowest BCUT2D eigenvalue weighted by Crippen LogP contribution is -3.13. The first kappa shape index (κ1) is 15.4. The fourth-order valence-corrected chi connectivity index (χ4v) is 3.47. The monoisotopic (exact) mass is 361 g/mol. The Labute approximate surface area is 140 Å². The van der Waals surface area contributed by atoms with Gasteiger partial charge in [-0.3, -0.25) is 0 Å². The van der Waals surface area contributed by atoms with Gasteiger partial charge in [-0.1, -0.05) is 46.3 Å². The standard InChI is InChI=1S/C18H21BrN2O/c1-22-18-9-5-4-8-17(18)21-12-10-20(11-13-21)14-15-6-2-3-7-16(15)19/h2-9H,10-14H2,1H3/p+1. The Morgan fingerprint density at radius 3 is 2.45 bits per heavy atom. The van der Waals surface area contributed by atoms with E-state index in [1.54, 1.807) is 12.0 Å². The summed E-state index contributed by atoms with van der Waals surface area (Å²) in [5, 5.41) is 0. The van der Waals surface area contributed by atoms with Gasteiger partial charge < -0.3 is 14.5 Å². The van der Waals surface area contributed by atoms with Gasteiger partial charge in [0.1, 0.15) is 12.3 Å². The Hall–Kier alpha value is -1.52.